The largest absolute Gasteiger partial charge is 0.497 e. The van der Waals surface area contributed by atoms with Gasteiger partial charge in [0.15, 0.2) is 6.10 Å². The van der Waals surface area contributed by atoms with Gasteiger partial charge in [0.25, 0.3) is 0 Å². The molecule has 0 spiro atoms. The highest BCUT2D eigenvalue weighted by atomic mass is 16.6. The predicted octanol–water partition coefficient (Wildman–Crippen LogP) is 9.57. The number of para-hydroxylation sites is 1. The van der Waals surface area contributed by atoms with E-state index in [1.165, 1.54) is 5.56 Å². The maximum Gasteiger partial charge on any atom is 0.412 e. The van der Waals surface area contributed by atoms with Gasteiger partial charge in [0.2, 0.25) is 0 Å². The third-order valence-corrected chi connectivity index (χ3v) is 9.62. The summed E-state index contributed by atoms with van der Waals surface area (Å²) in [6, 6.07) is 41.1. The summed E-state index contributed by atoms with van der Waals surface area (Å²) in [5.74, 6) is 2.85. The van der Waals surface area contributed by atoms with E-state index < -0.39 is 18.3 Å². The van der Waals surface area contributed by atoms with Crippen LogP contribution in [0.5, 0.6) is 23.0 Å². The van der Waals surface area contributed by atoms with E-state index in [-0.39, 0.29) is 30.7 Å². The third kappa shape index (κ3) is 10.5. The molecule has 2 N–H and O–H groups in total. The van der Waals surface area contributed by atoms with E-state index in [9.17, 15) is 9.90 Å². The molecule has 0 aliphatic carbocycles. The Morgan fingerprint density at radius 1 is 0.585 bits per heavy atom. The van der Waals surface area contributed by atoms with Crippen LogP contribution in [0.3, 0.4) is 0 Å². The zero-order chi connectivity index (χ0) is 37.8. The van der Waals surface area contributed by atoms with Gasteiger partial charge in [-0.3, -0.25) is 5.32 Å². The first-order valence-corrected chi connectivity index (χ1v) is 18.0. The molecule has 0 radical (unpaired) electrons. The van der Waals surface area contributed by atoms with Gasteiger partial charge in [0.1, 0.15) is 42.8 Å². The molecular formula is C45H51NO7. The molecule has 5 rings (SSSR count). The molecule has 0 heterocycles. The first-order valence-electron chi connectivity index (χ1n) is 18.0. The first kappa shape index (κ1) is 38.8. The molecule has 0 fully saturated rings. The van der Waals surface area contributed by atoms with Gasteiger partial charge in [-0.05, 0) is 89.3 Å². The molecular weight excluding hydrogens is 666 g/mol. The third-order valence-electron chi connectivity index (χ3n) is 9.62. The molecule has 0 saturated heterocycles. The van der Waals surface area contributed by atoms with E-state index in [0.717, 1.165) is 28.2 Å². The summed E-state index contributed by atoms with van der Waals surface area (Å²) in [6.45, 7) is 11.1. The quantitative estimate of drug-likeness (QED) is 0.0989. The Kier molecular flexibility index (Phi) is 13.0. The fourth-order valence-corrected chi connectivity index (χ4v) is 5.87. The number of carbonyl (C=O) groups is 1. The van der Waals surface area contributed by atoms with Gasteiger partial charge in [-0.1, -0.05) is 101 Å². The van der Waals surface area contributed by atoms with Crippen LogP contribution in [0.1, 0.15) is 63.3 Å². The van der Waals surface area contributed by atoms with E-state index in [0.29, 0.717) is 23.6 Å². The summed E-state index contributed by atoms with van der Waals surface area (Å²) in [6.07, 6.45) is -1.13. The highest BCUT2D eigenvalue weighted by molar-refractivity contribution is 5.84. The molecule has 5 aromatic rings. The zero-order valence-corrected chi connectivity index (χ0v) is 31.5. The van der Waals surface area contributed by atoms with Crippen LogP contribution in [0.25, 0.3) is 0 Å². The van der Waals surface area contributed by atoms with E-state index in [2.05, 4.69) is 69.4 Å². The Balaban J connectivity index is 1.22. The molecule has 2 unspecified atom stereocenters. The second kappa shape index (κ2) is 17.8. The topological polar surface area (TPSA) is 95.5 Å². The molecule has 0 saturated carbocycles. The van der Waals surface area contributed by atoms with Crippen molar-refractivity contribution in [3.05, 3.63) is 150 Å². The average molecular weight is 718 g/mol. The van der Waals surface area contributed by atoms with Crippen LogP contribution in [0.15, 0.2) is 127 Å². The maximum absolute atomic E-state index is 12.9. The molecule has 53 heavy (non-hydrogen) atoms. The molecule has 8 heteroatoms. The SMILES string of the molecule is CCC(O)COc1ccc(C(C)(C)c2ccc(OCC(COc3ccc(C(C)(C)c4ccc(OC)cc4)cc3)OC(=O)Nc3ccccc3)cc2)cc1. The van der Waals surface area contributed by atoms with Gasteiger partial charge in [-0.2, -0.15) is 0 Å². The number of nitrogens with one attached hydrogen (secondary N) is 1. The summed E-state index contributed by atoms with van der Waals surface area (Å²) >= 11 is 0. The van der Waals surface area contributed by atoms with Crippen molar-refractivity contribution < 1.29 is 33.6 Å². The molecule has 0 bridgehead atoms. The summed E-state index contributed by atoms with van der Waals surface area (Å²) in [5.41, 5.74) is 4.65. The van der Waals surface area contributed by atoms with Crippen LogP contribution in [0.4, 0.5) is 10.5 Å². The van der Waals surface area contributed by atoms with Crippen LogP contribution >= 0.6 is 0 Å². The normalized spacial score (nSPS) is 12.7. The number of hydrogen-bond acceptors (Lipinski definition) is 7. The minimum atomic E-state index is -0.704. The number of carbonyl (C=O) groups excluding carboxylic acids is 1. The van der Waals surface area contributed by atoms with Gasteiger partial charge in [0.05, 0.1) is 13.2 Å². The standard InChI is InChI=1S/C45H51NO7/c1-7-37(47)29-50-39-23-15-33(16-24-39)45(4,5)35-19-27-41(28-20-35)52-31-42(53-43(48)46-36-11-9-8-10-12-36)30-51-40-25-17-34(18-26-40)44(2,3)32-13-21-38(49-6)22-14-32/h8-28,37,42,47H,7,29-31H2,1-6H3,(H,46,48). The van der Waals surface area contributed by atoms with Gasteiger partial charge in [0, 0.05) is 16.5 Å². The van der Waals surface area contributed by atoms with Crippen molar-refractivity contribution in [2.75, 3.05) is 32.2 Å². The molecule has 0 aliphatic rings. The molecule has 0 aliphatic heterocycles. The fraction of sp³-hybridized carbons (Fsp3) is 0.311. The zero-order valence-electron chi connectivity index (χ0n) is 31.5. The van der Waals surface area contributed by atoms with E-state index in [1.54, 1.807) is 19.2 Å². The van der Waals surface area contributed by atoms with Crippen molar-refractivity contribution in [1.82, 2.24) is 0 Å². The molecule has 5 aromatic carbocycles. The smallest absolute Gasteiger partial charge is 0.412 e. The van der Waals surface area contributed by atoms with Crippen LogP contribution < -0.4 is 24.3 Å². The van der Waals surface area contributed by atoms with Crippen LogP contribution in [-0.2, 0) is 15.6 Å². The highest BCUT2D eigenvalue weighted by Crippen LogP contribution is 2.35. The number of benzene rings is 5. The number of hydrogen-bond donors (Lipinski definition) is 2. The van der Waals surface area contributed by atoms with Gasteiger partial charge >= 0.3 is 6.09 Å². The summed E-state index contributed by atoms with van der Waals surface area (Å²) in [4.78, 5) is 12.9. The predicted molar refractivity (Wildman–Crippen MR) is 210 cm³/mol. The number of amides is 1. The lowest BCUT2D eigenvalue weighted by Gasteiger charge is -2.27. The average Bonchev–Trinajstić information content (AvgIpc) is 3.18. The van der Waals surface area contributed by atoms with Crippen LogP contribution in [0, 0.1) is 0 Å². The molecule has 8 nitrogen and oxygen atoms in total. The number of anilines is 1. The lowest BCUT2D eigenvalue weighted by Crippen LogP contribution is -2.33. The minimum absolute atomic E-state index is 0.0850. The maximum atomic E-state index is 12.9. The summed E-state index contributed by atoms with van der Waals surface area (Å²) < 4.78 is 29.1. The lowest BCUT2D eigenvalue weighted by atomic mass is 9.78. The molecule has 278 valence electrons. The lowest BCUT2D eigenvalue weighted by molar-refractivity contribution is 0.0429. The second-order valence-electron chi connectivity index (χ2n) is 14.1. The highest BCUT2D eigenvalue weighted by Gasteiger charge is 2.25. The van der Waals surface area contributed by atoms with Crippen molar-refractivity contribution in [3.63, 3.8) is 0 Å². The summed E-state index contributed by atoms with van der Waals surface area (Å²) in [5, 5.41) is 12.6. The number of ether oxygens (including phenoxy) is 5. The molecule has 2 atom stereocenters. The fourth-order valence-electron chi connectivity index (χ4n) is 5.87. The van der Waals surface area contributed by atoms with Crippen molar-refractivity contribution in [3.8, 4) is 23.0 Å². The number of aliphatic hydroxyl groups is 1. The van der Waals surface area contributed by atoms with Gasteiger partial charge in [-0.25, -0.2) is 4.79 Å². The first-order chi connectivity index (χ1) is 25.5. The van der Waals surface area contributed by atoms with E-state index >= 15 is 0 Å². The molecule has 0 aromatic heterocycles. The second-order valence-corrected chi connectivity index (χ2v) is 14.1. The van der Waals surface area contributed by atoms with Crippen molar-refractivity contribution in [2.24, 2.45) is 0 Å². The Morgan fingerprint density at radius 3 is 1.34 bits per heavy atom. The van der Waals surface area contributed by atoms with Gasteiger partial charge in [-0.15, -0.1) is 0 Å². The van der Waals surface area contributed by atoms with Crippen LogP contribution in [0.2, 0.25) is 0 Å². The Bertz CT molecular complexity index is 1850. The Hall–Kier alpha value is -5.47. The number of methoxy groups -OCH3 is 1. The van der Waals surface area contributed by atoms with Crippen molar-refractivity contribution >= 4 is 11.8 Å². The minimum Gasteiger partial charge on any atom is -0.497 e. The number of aliphatic hydroxyl groups excluding tert-OH is 1. The van der Waals surface area contributed by atoms with Gasteiger partial charge < -0.3 is 28.8 Å². The van der Waals surface area contributed by atoms with Crippen molar-refractivity contribution in [2.45, 2.75) is 64.1 Å². The monoisotopic (exact) mass is 717 g/mol. The Labute approximate surface area is 313 Å². The Morgan fingerprint density at radius 2 is 0.962 bits per heavy atom. The van der Waals surface area contributed by atoms with Crippen molar-refractivity contribution in [1.29, 1.82) is 0 Å². The van der Waals surface area contributed by atoms with E-state index in [1.807, 2.05) is 85.8 Å². The molecule has 1 amide bonds. The van der Waals surface area contributed by atoms with E-state index in [4.69, 9.17) is 23.7 Å². The van der Waals surface area contributed by atoms with Crippen LogP contribution in [-0.4, -0.2) is 50.3 Å². The number of rotatable bonds is 17. The summed E-state index contributed by atoms with van der Waals surface area (Å²) in [7, 11) is 1.66.